The zero-order chi connectivity index (χ0) is 17.6. The number of nitrogens with one attached hydrogen (secondary N) is 1. The SMILES string of the molecule is C[C@H](CCN1CCCC1=O)NCc1cnc(N2CCN(C)CC2)nc1. The molecule has 1 N–H and O–H groups in total. The number of likely N-dealkylation sites (N-methyl/N-ethyl adjacent to an activating group) is 1. The Morgan fingerprint density at radius 1 is 1.16 bits per heavy atom. The molecule has 0 aromatic carbocycles. The Bertz CT molecular complexity index is 555. The van der Waals surface area contributed by atoms with Gasteiger partial charge >= 0.3 is 0 Å². The van der Waals surface area contributed by atoms with Crippen molar-refractivity contribution in [1.29, 1.82) is 0 Å². The van der Waals surface area contributed by atoms with Crippen LogP contribution in [0.3, 0.4) is 0 Å². The predicted molar refractivity (Wildman–Crippen MR) is 98.5 cm³/mol. The van der Waals surface area contributed by atoms with Crippen LogP contribution in [0.5, 0.6) is 0 Å². The third-order valence-corrected chi connectivity index (χ3v) is 5.14. The van der Waals surface area contributed by atoms with Gasteiger partial charge in [-0.1, -0.05) is 0 Å². The molecule has 138 valence electrons. The van der Waals surface area contributed by atoms with Gasteiger partial charge in [0.25, 0.3) is 0 Å². The second kappa shape index (κ2) is 8.58. The van der Waals surface area contributed by atoms with Gasteiger partial charge in [0.2, 0.25) is 11.9 Å². The lowest BCUT2D eigenvalue weighted by atomic mass is 10.2. The summed E-state index contributed by atoms with van der Waals surface area (Å²) in [5.74, 6) is 1.14. The lowest BCUT2D eigenvalue weighted by Gasteiger charge is -2.32. The van der Waals surface area contributed by atoms with Crippen molar-refractivity contribution >= 4 is 11.9 Å². The molecule has 0 spiro atoms. The van der Waals surface area contributed by atoms with Crippen LogP contribution in [0.15, 0.2) is 12.4 Å². The second-order valence-corrected chi connectivity index (χ2v) is 7.24. The van der Waals surface area contributed by atoms with E-state index >= 15 is 0 Å². The number of nitrogens with zero attached hydrogens (tertiary/aromatic N) is 5. The molecule has 7 heteroatoms. The summed E-state index contributed by atoms with van der Waals surface area (Å²) in [5.41, 5.74) is 1.10. The summed E-state index contributed by atoms with van der Waals surface area (Å²) in [6, 6.07) is 0.366. The maximum Gasteiger partial charge on any atom is 0.225 e. The fourth-order valence-electron chi connectivity index (χ4n) is 3.29. The van der Waals surface area contributed by atoms with E-state index in [1.807, 2.05) is 17.3 Å². The quantitative estimate of drug-likeness (QED) is 0.785. The maximum atomic E-state index is 11.6. The highest BCUT2D eigenvalue weighted by Gasteiger charge is 2.20. The van der Waals surface area contributed by atoms with E-state index in [4.69, 9.17) is 0 Å². The molecule has 2 aliphatic rings. The first kappa shape index (κ1) is 18.1. The lowest BCUT2D eigenvalue weighted by Crippen LogP contribution is -2.45. The monoisotopic (exact) mass is 346 g/mol. The molecule has 1 atom stereocenters. The van der Waals surface area contributed by atoms with E-state index < -0.39 is 0 Å². The number of aromatic nitrogens is 2. The molecule has 1 aromatic heterocycles. The molecule has 3 heterocycles. The van der Waals surface area contributed by atoms with Gasteiger partial charge < -0.3 is 20.0 Å². The van der Waals surface area contributed by atoms with E-state index in [9.17, 15) is 4.79 Å². The Morgan fingerprint density at radius 2 is 1.88 bits per heavy atom. The van der Waals surface area contributed by atoms with Crippen molar-refractivity contribution in [3.8, 4) is 0 Å². The van der Waals surface area contributed by atoms with E-state index in [-0.39, 0.29) is 0 Å². The Balaban J connectivity index is 1.40. The van der Waals surface area contributed by atoms with E-state index in [0.29, 0.717) is 11.9 Å². The number of carbonyl (C=O) groups excluding carboxylic acids is 1. The molecule has 2 fully saturated rings. The standard InChI is InChI=1S/C18H30N6O/c1-15(5-7-23-6-3-4-17(23)25)19-12-16-13-20-18(21-14-16)24-10-8-22(2)9-11-24/h13-15,19H,3-12H2,1-2H3/t15-/m1/s1. The molecule has 0 unspecified atom stereocenters. The molecule has 0 radical (unpaired) electrons. The third kappa shape index (κ3) is 5.12. The van der Waals surface area contributed by atoms with Crippen molar-refractivity contribution < 1.29 is 4.79 Å². The van der Waals surface area contributed by atoms with Crippen molar-refractivity contribution in [2.24, 2.45) is 0 Å². The minimum absolute atomic E-state index is 0.306. The second-order valence-electron chi connectivity index (χ2n) is 7.24. The molecular formula is C18H30N6O. The highest BCUT2D eigenvalue weighted by atomic mass is 16.2. The first-order valence-corrected chi connectivity index (χ1v) is 9.37. The van der Waals surface area contributed by atoms with Crippen LogP contribution in [0.1, 0.15) is 31.7 Å². The number of hydrogen-bond donors (Lipinski definition) is 1. The molecule has 0 aliphatic carbocycles. The Kier molecular flexibility index (Phi) is 6.20. The molecule has 0 saturated carbocycles. The molecule has 0 bridgehead atoms. The van der Waals surface area contributed by atoms with Gasteiger partial charge in [-0.05, 0) is 26.8 Å². The fraction of sp³-hybridized carbons (Fsp3) is 0.722. The van der Waals surface area contributed by atoms with E-state index in [1.54, 1.807) is 0 Å². The third-order valence-electron chi connectivity index (χ3n) is 5.14. The summed E-state index contributed by atoms with van der Waals surface area (Å²) in [6.07, 6.45) is 6.55. The number of likely N-dealkylation sites (tertiary alicyclic amines) is 1. The topological polar surface area (TPSA) is 64.6 Å². The van der Waals surface area contributed by atoms with Crippen molar-refractivity contribution in [3.05, 3.63) is 18.0 Å². The summed E-state index contributed by atoms with van der Waals surface area (Å²) in [7, 11) is 2.15. The summed E-state index contributed by atoms with van der Waals surface area (Å²) < 4.78 is 0. The minimum Gasteiger partial charge on any atom is -0.343 e. The van der Waals surface area contributed by atoms with Gasteiger partial charge in [-0.3, -0.25) is 4.79 Å². The Labute approximate surface area is 150 Å². The Morgan fingerprint density at radius 3 is 2.52 bits per heavy atom. The van der Waals surface area contributed by atoms with E-state index in [0.717, 1.165) is 76.6 Å². The highest BCUT2D eigenvalue weighted by Crippen LogP contribution is 2.12. The van der Waals surface area contributed by atoms with Crippen LogP contribution in [0, 0.1) is 0 Å². The van der Waals surface area contributed by atoms with Crippen LogP contribution >= 0.6 is 0 Å². The van der Waals surface area contributed by atoms with Crippen LogP contribution in [0.4, 0.5) is 5.95 Å². The molecule has 1 aromatic rings. The van der Waals surface area contributed by atoms with Crippen molar-refractivity contribution in [2.75, 3.05) is 51.2 Å². The molecule has 2 saturated heterocycles. The lowest BCUT2D eigenvalue weighted by molar-refractivity contribution is -0.127. The average Bonchev–Trinajstić information content (AvgIpc) is 3.04. The summed E-state index contributed by atoms with van der Waals surface area (Å²) in [6.45, 7) is 8.80. The largest absolute Gasteiger partial charge is 0.343 e. The van der Waals surface area contributed by atoms with Gasteiger partial charge in [-0.25, -0.2) is 9.97 Å². The number of piperazine rings is 1. The van der Waals surface area contributed by atoms with Gasteiger partial charge in [0.05, 0.1) is 0 Å². The van der Waals surface area contributed by atoms with E-state index in [1.165, 1.54) is 0 Å². The van der Waals surface area contributed by atoms with Crippen molar-refractivity contribution in [1.82, 2.24) is 25.1 Å². The minimum atomic E-state index is 0.306. The number of hydrogen-bond acceptors (Lipinski definition) is 6. The van der Waals surface area contributed by atoms with Gasteiger partial charge in [0.1, 0.15) is 0 Å². The number of anilines is 1. The number of carbonyl (C=O) groups is 1. The highest BCUT2D eigenvalue weighted by molar-refractivity contribution is 5.77. The van der Waals surface area contributed by atoms with Gasteiger partial charge in [0.15, 0.2) is 0 Å². The van der Waals surface area contributed by atoms with Crippen LogP contribution in [-0.2, 0) is 11.3 Å². The summed E-state index contributed by atoms with van der Waals surface area (Å²) >= 11 is 0. The average molecular weight is 346 g/mol. The van der Waals surface area contributed by atoms with Crippen LogP contribution in [-0.4, -0.2) is 78.0 Å². The summed E-state index contributed by atoms with van der Waals surface area (Å²) in [4.78, 5) is 27.2. The van der Waals surface area contributed by atoms with Crippen LogP contribution in [0.25, 0.3) is 0 Å². The zero-order valence-electron chi connectivity index (χ0n) is 15.4. The molecule has 7 nitrogen and oxygen atoms in total. The van der Waals surface area contributed by atoms with E-state index in [2.05, 4.69) is 39.1 Å². The van der Waals surface area contributed by atoms with Crippen molar-refractivity contribution in [3.63, 3.8) is 0 Å². The molecular weight excluding hydrogens is 316 g/mol. The van der Waals surface area contributed by atoms with Crippen LogP contribution < -0.4 is 10.2 Å². The van der Waals surface area contributed by atoms with Gasteiger partial charge in [-0.2, -0.15) is 0 Å². The summed E-state index contributed by atoms with van der Waals surface area (Å²) in [5, 5.41) is 3.50. The van der Waals surface area contributed by atoms with Gasteiger partial charge in [0, 0.05) is 76.2 Å². The predicted octanol–water partition coefficient (Wildman–Crippen LogP) is 0.719. The van der Waals surface area contributed by atoms with Crippen molar-refractivity contribution in [2.45, 2.75) is 38.8 Å². The molecule has 25 heavy (non-hydrogen) atoms. The number of rotatable bonds is 7. The molecule has 2 aliphatic heterocycles. The first-order chi connectivity index (χ1) is 12.1. The smallest absolute Gasteiger partial charge is 0.225 e. The first-order valence-electron chi connectivity index (χ1n) is 9.37. The zero-order valence-corrected chi connectivity index (χ0v) is 15.4. The Hall–Kier alpha value is -1.73. The molecule has 3 rings (SSSR count). The fourth-order valence-corrected chi connectivity index (χ4v) is 3.29. The molecule has 1 amide bonds. The number of amides is 1. The maximum absolute atomic E-state index is 11.6. The van der Waals surface area contributed by atoms with Crippen LogP contribution in [0.2, 0.25) is 0 Å². The normalized spacial score (nSPS) is 20.3. The van der Waals surface area contributed by atoms with Gasteiger partial charge in [-0.15, -0.1) is 0 Å².